The number of amides is 2. The number of hydrogen-bond donors (Lipinski definition) is 2. The number of nitrogens with one attached hydrogen (secondary N) is 2. The molecule has 2 heterocycles. The lowest BCUT2D eigenvalue weighted by atomic mass is 10.2. The van der Waals surface area contributed by atoms with Gasteiger partial charge in [0, 0.05) is 39.6 Å². The van der Waals surface area contributed by atoms with Crippen LogP contribution < -0.4 is 10.6 Å². The van der Waals surface area contributed by atoms with Crippen LogP contribution in [0.1, 0.15) is 5.69 Å². The molecule has 4 aromatic rings. The molecule has 0 saturated heterocycles. The summed E-state index contributed by atoms with van der Waals surface area (Å²) in [7, 11) is 0. The molecule has 7 nitrogen and oxygen atoms in total. The normalized spacial score (nSPS) is 10.9. The quantitative estimate of drug-likeness (QED) is 0.440. The zero-order valence-electron chi connectivity index (χ0n) is 15.4. The number of halogens is 2. The van der Waals surface area contributed by atoms with E-state index in [4.69, 9.17) is 23.2 Å². The third-order valence-electron chi connectivity index (χ3n) is 4.21. The molecule has 2 N–H and O–H groups in total. The molecule has 0 bridgehead atoms. The van der Waals surface area contributed by atoms with Crippen LogP contribution in [-0.2, 0) is 16.0 Å². The summed E-state index contributed by atoms with van der Waals surface area (Å²) in [4.78, 5) is 29.3. The van der Waals surface area contributed by atoms with Crippen molar-refractivity contribution in [3.63, 3.8) is 0 Å². The monoisotopic (exact) mass is 459 g/mol. The van der Waals surface area contributed by atoms with Gasteiger partial charge in [-0.05, 0) is 42.5 Å². The van der Waals surface area contributed by atoms with Crippen molar-refractivity contribution < 1.29 is 9.59 Å². The second-order valence-electron chi connectivity index (χ2n) is 6.33. The van der Waals surface area contributed by atoms with Gasteiger partial charge in [-0.25, -0.2) is 4.52 Å². The molecule has 0 atom stereocenters. The van der Waals surface area contributed by atoms with Gasteiger partial charge in [0.15, 0.2) is 5.82 Å². The Morgan fingerprint density at radius 3 is 2.60 bits per heavy atom. The van der Waals surface area contributed by atoms with Crippen molar-refractivity contribution in [1.82, 2.24) is 19.9 Å². The summed E-state index contributed by atoms with van der Waals surface area (Å²) in [6, 6.07) is 13.9. The molecule has 0 aliphatic rings. The lowest BCUT2D eigenvalue weighted by Crippen LogP contribution is -2.36. The minimum absolute atomic E-state index is 0.282. The Morgan fingerprint density at radius 2 is 1.83 bits per heavy atom. The summed E-state index contributed by atoms with van der Waals surface area (Å²) in [6.45, 7) is 0.282. The topological polar surface area (TPSA) is 88.4 Å². The van der Waals surface area contributed by atoms with Crippen LogP contribution in [0, 0.1) is 0 Å². The highest BCUT2D eigenvalue weighted by atomic mass is 35.5. The SMILES string of the molecule is O=C(NCCc1csc2nc(-c3ccc(Cl)cc3)nn12)C(=O)Nc1cccc(Cl)c1. The van der Waals surface area contributed by atoms with Crippen LogP contribution in [-0.4, -0.2) is 33.0 Å². The number of anilines is 1. The molecule has 0 radical (unpaired) electrons. The van der Waals surface area contributed by atoms with E-state index in [0.717, 1.165) is 16.2 Å². The second kappa shape index (κ2) is 8.83. The largest absolute Gasteiger partial charge is 0.347 e. The molecule has 10 heteroatoms. The first-order chi connectivity index (χ1) is 14.5. The smallest absolute Gasteiger partial charge is 0.313 e. The van der Waals surface area contributed by atoms with E-state index in [0.29, 0.717) is 28.0 Å². The van der Waals surface area contributed by atoms with Gasteiger partial charge in [0.25, 0.3) is 0 Å². The van der Waals surface area contributed by atoms with Gasteiger partial charge in [0.05, 0.1) is 5.69 Å². The van der Waals surface area contributed by atoms with Gasteiger partial charge in [-0.3, -0.25) is 9.59 Å². The molecule has 4 rings (SSSR count). The lowest BCUT2D eigenvalue weighted by molar-refractivity contribution is -0.136. The first kappa shape index (κ1) is 20.3. The zero-order valence-corrected chi connectivity index (χ0v) is 17.8. The summed E-state index contributed by atoms with van der Waals surface area (Å²) in [5.41, 5.74) is 2.21. The molecule has 0 spiro atoms. The number of carbonyl (C=O) groups is 2. The van der Waals surface area contributed by atoms with Crippen molar-refractivity contribution in [3.8, 4) is 11.4 Å². The van der Waals surface area contributed by atoms with Crippen LogP contribution in [0.3, 0.4) is 0 Å². The van der Waals surface area contributed by atoms with Crippen molar-refractivity contribution in [2.24, 2.45) is 0 Å². The number of rotatable bonds is 5. The van der Waals surface area contributed by atoms with Crippen LogP contribution in [0.15, 0.2) is 53.9 Å². The Balaban J connectivity index is 1.36. The molecular formula is C20H15Cl2N5O2S. The van der Waals surface area contributed by atoms with Crippen molar-refractivity contribution in [2.45, 2.75) is 6.42 Å². The van der Waals surface area contributed by atoms with Crippen LogP contribution in [0.25, 0.3) is 16.3 Å². The van der Waals surface area contributed by atoms with Crippen LogP contribution >= 0.6 is 34.5 Å². The van der Waals surface area contributed by atoms with Crippen molar-refractivity contribution in [1.29, 1.82) is 0 Å². The highest BCUT2D eigenvalue weighted by Crippen LogP contribution is 2.22. The number of fused-ring (bicyclic) bond motifs is 1. The summed E-state index contributed by atoms with van der Waals surface area (Å²) < 4.78 is 1.74. The molecular weight excluding hydrogens is 445 g/mol. The molecule has 0 aliphatic carbocycles. The Hall–Kier alpha value is -2.94. The molecule has 2 amide bonds. The fourth-order valence-electron chi connectivity index (χ4n) is 2.76. The predicted molar refractivity (Wildman–Crippen MR) is 118 cm³/mol. The summed E-state index contributed by atoms with van der Waals surface area (Å²) in [5, 5.41) is 12.7. The standard InChI is InChI=1S/C20H15Cl2N5O2S/c21-13-6-4-12(5-7-13)17-25-20-27(26-17)16(11-30-20)8-9-23-18(28)19(29)24-15-3-1-2-14(22)10-15/h1-7,10-11H,8-9H2,(H,23,28)(H,24,29). The highest BCUT2D eigenvalue weighted by molar-refractivity contribution is 7.15. The van der Waals surface area contributed by atoms with Gasteiger partial charge >= 0.3 is 11.8 Å². The van der Waals surface area contributed by atoms with Gasteiger partial charge in [-0.15, -0.1) is 16.4 Å². The van der Waals surface area contributed by atoms with Crippen LogP contribution in [0.2, 0.25) is 10.0 Å². The van der Waals surface area contributed by atoms with Gasteiger partial charge in [-0.2, -0.15) is 4.98 Å². The molecule has 0 fully saturated rings. The van der Waals surface area contributed by atoms with E-state index < -0.39 is 11.8 Å². The number of benzene rings is 2. The fraction of sp³-hybridized carbons (Fsp3) is 0.100. The van der Waals surface area contributed by atoms with Crippen LogP contribution in [0.5, 0.6) is 0 Å². The van der Waals surface area contributed by atoms with E-state index >= 15 is 0 Å². The minimum atomic E-state index is -0.751. The molecule has 0 aliphatic heterocycles. The number of nitrogens with zero attached hydrogens (tertiary/aromatic N) is 3. The zero-order chi connectivity index (χ0) is 21.1. The van der Waals surface area contributed by atoms with E-state index in [-0.39, 0.29) is 6.54 Å². The Bertz CT molecular complexity index is 1220. The highest BCUT2D eigenvalue weighted by Gasteiger charge is 2.15. The summed E-state index contributed by atoms with van der Waals surface area (Å²) >= 11 is 13.3. The van der Waals surface area contributed by atoms with Crippen LogP contribution in [0.4, 0.5) is 5.69 Å². The van der Waals surface area contributed by atoms with E-state index in [1.807, 2.05) is 17.5 Å². The van der Waals surface area contributed by atoms with E-state index in [9.17, 15) is 9.59 Å². The van der Waals surface area contributed by atoms with E-state index in [1.165, 1.54) is 11.3 Å². The van der Waals surface area contributed by atoms with E-state index in [1.54, 1.807) is 40.9 Å². The molecule has 0 saturated carbocycles. The third-order valence-corrected chi connectivity index (χ3v) is 5.56. The lowest BCUT2D eigenvalue weighted by Gasteiger charge is -2.06. The Morgan fingerprint density at radius 1 is 1.03 bits per heavy atom. The average Bonchev–Trinajstić information content (AvgIpc) is 3.30. The number of aromatic nitrogens is 3. The van der Waals surface area contributed by atoms with Gasteiger partial charge in [0.1, 0.15) is 0 Å². The average molecular weight is 460 g/mol. The predicted octanol–water partition coefficient (Wildman–Crippen LogP) is 4.06. The molecule has 2 aromatic heterocycles. The minimum Gasteiger partial charge on any atom is -0.347 e. The number of carbonyl (C=O) groups excluding carboxylic acids is 2. The number of thiazole rings is 1. The first-order valence-corrected chi connectivity index (χ1v) is 10.6. The van der Waals surface area contributed by atoms with Gasteiger partial charge in [0.2, 0.25) is 4.96 Å². The maximum atomic E-state index is 12.0. The number of hydrogen-bond acceptors (Lipinski definition) is 5. The third kappa shape index (κ3) is 4.62. The Labute approximate surface area is 185 Å². The maximum absolute atomic E-state index is 12.0. The second-order valence-corrected chi connectivity index (χ2v) is 8.04. The Kier molecular flexibility index (Phi) is 5.98. The van der Waals surface area contributed by atoms with Crippen molar-refractivity contribution >= 4 is 57.0 Å². The van der Waals surface area contributed by atoms with Gasteiger partial charge < -0.3 is 10.6 Å². The molecule has 2 aromatic carbocycles. The van der Waals surface area contributed by atoms with Crippen molar-refractivity contribution in [3.05, 3.63) is 69.7 Å². The first-order valence-electron chi connectivity index (χ1n) is 8.93. The van der Waals surface area contributed by atoms with E-state index in [2.05, 4.69) is 20.7 Å². The summed E-state index contributed by atoms with van der Waals surface area (Å²) in [6.07, 6.45) is 0.500. The van der Waals surface area contributed by atoms with Crippen molar-refractivity contribution in [2.75, 3.05) is 11.9 Å². The fourth-order valence-corrected chi connectivity index (χ4v) is 3.93. The molecule has 30 heavy (non-hydrogen) atoms. The molecule has 0 unspecified atom stereocenters. The van der Waals surface area contributed by atoms with Gasteiger partial charge in [-0.1, -0.05) is 29.3 Å². The molecule has 152 valence electrons. The summed E-state index contributed by atoms with van der Waals surface area (Å²) in [5.74, 6) is -0.870. The maximum Gasteiger partial charge on any atom is 0.313 e.